The van der Waals surface area contributed by atoms with Crippen LogP contribution in [-0.4, -0.2) is 45.8 Å². The van der Waals surface area contributed by atoms with E-state index in [0.29, 0.717) is 18.0 Å². The summed E-state index contributed by atoms with van der Waals surface area (Å²) in [6, 6.07) is 7.49. The number of halogens is 2. The molecule has 0 saturated carbocycles. The molecule has 0 atom stereocenters. The van der Waals surface area contributed by atoms with Gasteiger partial charge in [0, 0.05) is 16.5 Å². The summed E-state index contributed by atoms with van der Waals surface area (Å²) < 4.78 is 60.0. The van der Waals surface area contributed by atoms with E-state index in [1.54, 1.807) is 10.6 Å². The van der Waals surface area contributed by atoms with Gasteiger partial charge in [-0.25, -0.2) is 13.1 Å². The number of thioether (sulfide) groups is 1. The summed E-state index contributed by atoms with van der Waals surface area (Å²) in [6.07, 6.45) is 3.66. The average molecular weight is 674 g/mol. The SMILES string of the molecule is CS(=O)(=O)NC(=O)C[n+]1c(C=C2Sc3ccc(Cl)cc3N2CCCCS(=O)(=O)O)sc2cc(Br)sc21. The highest BCUT2D eigenvalue weighted by Gasteiger charge is 2.30. The summed E-state index contributed by atoms with van der Waals surface area (Å²) in [6.45, 7) is 0.304. The van der Waals surface area contributed by atoms with Crippen molar-refractivity contribution in [1.29, 1.82) is 0 Å². The molecule has 0 spiro atoms. The van der Waals surface area contributed by atoms with E-state index >= 15 is 0 Å². The molecule has 3 heterocycles. The highest BCUT2D eigenvalue weighted by molar-refractivity contribution is 9.11. The van der Waals surface area contributed by atoms with E-state index in [4.69, 9.17) is 16.2 Å². The van der Waals surface area contributed by atoms with Gasteiger partial charge in [-0.05, 0) is 53.0 Å². The zero-order valence-electron chi connectivity index (χ0n) is 18.6. The molecule has 9 nitrogen and oxygen atoms in total. The minimum atomic E-state index is -4.04. The molecular formula is C20H20BrClN3O6S5+. The highest BCUT2D eigenvalue weighted by atomic mass is 79.9. The maximum Gasteiger partial charge on any atom is 0.299 e. The van der Waals surface area contributed by atoms with Crippen LogP contribution in [0.1, 0.15) is 17.8 Å². The average Bonchev–Trinajstić information content (AvgIpc) is 3.35. The molecule has 4 rings (SSSR count). The van der Waals surface area contributed by atoms with Gasteiger partial charge in [-0.3, -0.25) is 9.35 Å². The maximum absolute atomic E-state index is 12.5. The lowest BCUT2D eigenvalue weighted by Crippen LogP contribution is -2.45. The third kappa shape index (κ3) is 7.01. The lowest BCUT2D eigenvalue weighted by Gasteiger charge is -2.20. The summed E-state index contributed by atoms with van der Waals surface area (Å²) in [5.41, 5.74) is 0.882. The molecule has 2 aromatic heterocycles. The minimum absolute atomic E-state index is 0.184. The number of anilines is 1. The number of rotatable bonds is 9. The Kier molecular flexibility index (Phi) is 8.41. The second-order valence-electron chi connectivity index (χ2n) is 7.89. The molecule has 1 aliphatic rings. The Balaban J connectivity index is 1.69. The molecule has 1 aliphatic heterocycles. The zero-order chi connectivity index (χ0) is 26.3. The molecule has 0 bridgehead atoms. The fourth-order valence-corrected chi connectivity index (χ4v) is 9.02. The number of carbonyl (C=O) groups is 1. The molecule has 1 amide bonds. The van der Waals surface area contributed by atoms with Gasteiger partial charge in [-0.15, -0.1) is 0 Å². The van der Waals surface area contributed by atoms with Crippen LogP contribution in [0.5, 0.6) is 0 Å². The summed E-state index contributed by atoms with van der Waals surface area (Å²) in [7, 11) is -7.73. The Morgan fingerprint density at radius 2 is 1.97 bits per heavy atom. The minimum Gasteiger partial charge on any atom is -0.335 e. The van der Waals surface area contributed by atoms with Gasteiger partial charge in [0.25, 0.3) is 25.9 Å². The van der Waals surface area contributed by atoms with Crippen molar-refractivity contribution in [1.82, 2.24) is 4.72 Å². The van der Waals surface area contributed by atoms with Crippen molar-refractivity contribution in [2.75, 3.05) is 23.5 Å². The van der Waals surface area contributed by atoms with Crippen LogP contribution in [0.15, 0.2) is 38.0 Å². The number of hydrogen-bond donors (Lipinski definition) is 2. The van der Waals surface area contributed by atoms with E-state index in [2.05, 4.69) is 15.9 Å². The molecule has 36 heavy (non-hydrogen) atoms. The predicted molar refractivity (Wildman–Crippen MR) is 149 cm³/mol. The third-order valence-corrected chi connectivity index (χ3v) is 10.6. The van der Waals surface area contributed by atoms with E-state index < -0.39 is 26.0 Å². The topological polar surface area (TPSA) is 125 Å². The number of thiazole rings is 1. The Morgan fingerprint density at radius 3 is 2.67 bits per heavy atom. The van der Waals surface area contributed by atoms with Crippen molar-refractivity contribution in [2.45, 2.75) is 24.3 Å². The van der Waals surface area contributed by atoms with Crippen molar-refractivity contribution in [3.8, 4) is 0 Å². The number of nitrogens with zero attached hydrogens (tertiary/aromatic N) is 2. The smallest absolute Gasteiger partial charge is 0.299 e. The molecular weight excluding hydrogens is 654 g/mol. The van der Waals surface area contributed by atoms with E-state index in [-0.39, 0.29) is 18.7 Å². The van der Waals surface area contributed by atoms with Gasteiger partial charge in [-0.2, -0.15) is 13.0 Å². The summed E-state index contributed by atoms with van der Waals surface area (Å²) >= 11 is 14.1. The number of amides is 1. The normalized spacial score (nSPS) is 15.1. The van der Waals surface area contributed by atoms with Gasteiger partial charge in [0.15, 0.2) is 0 Å². The number of unbranched alkanes of at least 4 members (excludes halogenated alkanes) is 1. The number of aromatic nitrogens is 1. The standard InChI is InChI=1S/C20H19BrClN3O6S5/c1-35(27,28)23-17(26)11-25-19(33-15-9-16(21)34-20(15)25)10-18-24(6-2-3-7-36(29,30)31)13-8-12(22)4-5-14(13)32-18/h4-5,8-10H,2-3,6-7,11H2,1H3,(H-,23,26,29,30,31)/p+1. The van der Waals surface area contributed by atoms with Gasteiger partial charge >= 0.3 is 0 Å². The number of carbonyl (C=O) groups excluding carboxylic acids is 1. The van der Waals surface area contributed by atoms with Gasteiger partial charge < -0.3 is 4.90 Å². The van der Waals surface area contributed by atoms with Gasteiger partial charge in [-0.1, -0.05) is 46.0 Å². The lowest BCUT2D eigenvalue weighted by atomic mass is 10.2. The summed E-state index contributed by atoms with van der Waals surface area (Å²) in [4.78, 5) is 16.3. The number of thiophene rings is 1. The maximum atomic E-state index is 12.5. The Labute approximate surface area is 234 Å². The van der Waals surface area contributed by atoms with Gasteiger partial charge in [0.1, 0.15) is 4.70 Å². The largest absolute Gasteiger partial charge is 0.335 e. The third-order valence-electron chi connectivity index (χ3n) is 4.95. The molecule has 0 radical (unpaired) electrons. The molecule has 0 unspecified atom stereocenters. The molecule has 3 aromatic rings. The molecule has 0 saturated heterocycles. The van der Waals surface area contributed by atoms with Crippen LogP contribution in [0.4, 0.5) is 5.69 Å². The monoisotopic (exact) mass is 672 g/mol. The van der Waals surface area contributed by atoms with Crippen molar-refractivity contribution in [3.63, 3.8) is 0 Å². The predicted octanol–water partition coefficient (Wildman–Crippen LogP) is 4.32. The summed E-state index contributed by atoms with van der Waals surface area (Å²) in [5.74, 6) is -0.969. The molecule has 0 aliphatic carbocycles. The van der Waals surface area contributed by atoms with Gasteiger partial charge in [0.05, 0.1) is 32.6 Å². The fourth-order valence-electron chi connectivity index (χ4n) is 3.58. The number of fused-ring (bicyclic) bond motifs is 2. The second kappa shape index (κ2) is 10.9. The van der Waals surface area contributed by atoms with Crippen LogP contribution >= 0.6 is 62.0 Å². The first kappa shape index (κ1) is 27.8. The first-order valence-corrected chi connectivity index (χ1v) is 17.5. The number of nitrogens with one attached hydrogen (secondary N) is 1. The van der Waals surface area contributed by atoms with E-state index in [0.717, 1.165) is 40.2 Å². The van der Waals surface area contributed by atoms with Gasteiger partial charge in [0.2, 0.25) is 16.6 Å². The van der Waals surface area contributed by atoms with Crippen LogP contribution in [0.3, 0.4) is 0 Å². The molecule has 1 aromatic carbocycles. The Hall–Kier alpha value is -1.20. The number of benzene rings is 1. The first-order valence-electron chi connectivity index (χ1n) is 10.3. The van der Waals surface area contributed by atoms with E-state index in [1.165, 1.54) is 34.4 Å². The van der Waals surface area contributed by atoms with Crippen molar-refractivity contribution in [2.24, 2.45) is 0 Å². The van der Waals surface area contributed by atoms with E-state index in [9.17, 15) is 21.6 Å². The number of sulfonamides is 1. The Morgan fingerprint density at radius 1 is 1.22 bits per heavy atom. The van der Waals surface area contributed by atoms with Crippen molar-refractivity contribution < 1.29 is 30.7 Å². The summed E-state index contributed by atoms with van der Waals surface area (Å²) in [5, 5.41) is 2.16. The lowest BCUT2D eigenvalue weighted by molar-refractivity contribution is -0.653. The van der Waals surface area contributed by atoms with E-state index in [1.807, 2.05) is 33.9 Å². The molecule has 194 valence electrons. The first-order chi connectivity index (χ1) is 16.8. The van der Waals surface area contributed by atoms with Crippen LogP contribution in [0.2, 0.25) is 5.02 Å². The zero-order valence-corrected chi connectivity index (χ0v) is 25.0. The second-order valence-corrected chi connectivity index (χ2v) is 16.2. The van der Waals surface area contributed by atoms with Crippen LogP contribution in [0, 0.1) is 0 Å². The fraction of sp³-hybridized carbons (Fsp3) is 0.300. The van der Waals surface area contributed by atoms with Crippen molar-refractivity contribution >= 4 is 109 Å². The highest BCUT2D eigenvalue weighted by Crippen LogP contribution is 2.48. The van der Waals surface area contributed by atoms with Crippen LogP contribution < -0.4 is 14.2 Å². The molecule has 16 heteroatoms. The van der Waals surface area contributed by atoms with Crippen molar-refractivity contribution in [3.05, 3.63) is 43.1 Å². The Bertz CT molecular complexity index is 1580. The van der Waals surface area contributed by atoms with Crippen LogP contribution in [0.25, 0.3) is 15.6 Å². The van der Waals surface area contributed by atoms with Crippen LogP contribution in [-0.2, 0) is 31.5 Å². The molecule has 0 fully saturated rings. The number of hydrogen-bond acceptors (Lipinski definition) is 9. The quantitative estimate of drug-likeness (QED) is 0.196. The molecule has 2 N–H and O–H groups in total.